The van der Waals surface area contributed by atoms with Gasteiger partial charge >= 0.3 is 5.69 Å². The zero-order valence-corrected chi connectivity index (χ0v) is 16.3. The van der Waals surface area contributed by atoms with Crippen molar-refractivity contribution < 1.29 is 8.91 Å². The molecule has 152 valence electrons. The van der Waals surface area contributed by atoms with E-state index >= 15 is 0 Å². The second-order valence-corrected chi connectivity index (χ2v) is 7.10. The van der Waals surface area contributed by atoms with Crippen molar-refractivity contribution in [3.05, 3.63) is 98.9 Å². The summed E-state index contributed by atoms with van der Waals surface area (Å²) in [5, 5.41) is 4.32. The highest BCUT2D eigenvalue weighted by molar-refractivity contribution is 5.82. The van der Waals surface area contributed by atoms with Crippen molar-refractivity contribution in [3.8, 4) is 28.5 Å². The van der Waals surface area contributed by atoms with Crippen molar-refractivity contribution in [2.24, 2.45) is 0 Å². The SMILES string of the molecule is Cc1cccc(-c2noc(-c3ccc4c(=O)n(-c5ccc(F)cc5)c(=O)[nH]c4c3)n2)c1. The number of aromatic nitrogens is 4. The summed E-state index contributed by atoms with van der Waals surface area (Å²) in [6.07, 6.45) is 0. The second kappa shape index (κ2) is 7.17. The second-order valence-electron chi connectivity index (χ2n) is 7.10. The Kier molecular flexibility index (Phi) is 4.32. The maximum absolute atomic E-state index is 13.2. The molecule has 1 N–H and O–H groups in total. The highest BCUT2D eigenvalue weighted by Gasteiger charge is 2.14. The molecule has 0 radical (unpaired) electrons. The van der Waals surface area contributed by atoms with Crippen LogP contribution < -0.4 is 11.2 Å². The third-order valence-corrected chi connectivity index (χ3v) is 4.93. The fourth-order valence-corrected chi connectivity index (χ4v) is 3.42. The molecule has 0 aliphatic carbocycles. The first kappa shape index (κ1) is 18.7. The number of nitrogens with one attached hydrogen (secondary N) is 1. The Morgan fingerprint density at radius 3 is 2.55 bits per heavy atom. The van der Waals surface area contributed by atoms with Crippen LogP contribution in [0.15, 0.2) is 80.8 Å². The van der Waals surface area contributed by atoms with Gasteiger partial charge in [0, 0.05) is 11.1 Å². The summed E-state index contributed by atoms with van der Waals surface area (Å²) >= 11 is 0. The molecule has 0 bridgehead atoms. The predicted octanol–water partition coefficient (Wildman–Crippen LogP) is 3.84. The van der Waals surface area contributed by atoms with Gasteiger partial charge in [-0.05, 0) is 55.5 Å². The van der Waals surface area contributed by atoms with Crippen molar-refractivity contribution in [3.63, 3.8) is 0 Å². The molecule has 0 fully saturated rings. The molecule has 0 amide bonds. The molecule has 2 aromatic heterocycles. The molecule has 5 rings (SSSR count). The molecule has 0 saturated carbocycles. The molecule has 8 heteroatoms. The van der Waals surface area contributed by atoms with Crippen molar-refractivity contribution >= 4 is 10.9 Å². The number of fused-ring (bicyclic) bond motifs is 1. The summed E-state index contributed by atoms with van der Waals surface area (Å²) in [6.45, 7) is 1.98. The lowest BCUT2D eigenvalue weighted by Crippen LogP contribution is -2.33. The van der Waals surface area contributed by atoms with E-state index in [9.17, 15) is 14.0 Å². The Bertz CT molecular complexity index is 1550. The van der Waals surface area contributed by atoms with Crippen LogP contribution in [0.25, 0.3) is 39.4 Å². The van der Waals surface area contributed by atoms with E-state index in [1.807, 2.05) is 31.2 Å². The topological polar surface area (TPSA) is 93.8 Å². The average Bonchev–Trinajstić information content (AvgIpc) is 3.25. The van der Waals surface area contributed by atoms with E-state index in [1.165, 1.54) is 24.3 Å². The van der Waals surface area contributed by atoms with Crippen molar-refractivity contribution in [1.29, 1.82) is 0 Å². The maximum Gasteiger partial charge on any atom is 0.333 e. The maximum atomic E-state index is 13.2. The van der Waals surface area contributed by atoms with Crippen molar-refractivity contribution in [2.75, 3.05) is 0 Å². The van der Waals surface area contributed by atoms with Crippen LogP contribution in [-0.4, -0.2) is 19.7 Å². The Morgan fingerprint density at radius 1 is 0.968 bits per heavy atom. The molecule has 2 heterocycles. The van der Waals surface area contributed by atoms with E-state index in [1.54, 1.807) is 18.2 Å². The molecule has 0 spiro atoms. The number of hydrogen-bond donors (Lipinski definition) is 1. The lowest BCUT2D eigenvalue weighted by Gasteiger charge is -2.07. The lowest BCUT2D eigenvalue weighted by molar-refractivity contribution is 0.432. The van der Waals surface area contributed by atoms with Crippen LogP contribution in [0.3, 0.4) is 0 Å². The first-order valence-electron chi connectivity index (χ1n) is 9.46. The van der Waals surface area contributed by atoms with Gasteiger partial charge in [0.25, 0.3) is 11.4 Å². The van der Waals surface area contributed by atoms with Gasteiger partial charge < -0.3 is 9.51 Å². The minimum absolute atomic E-state index is 0.266. The zero-order chi connectivity index (χ0) is 21.5. The minimum Gasteiger partial charge on any atom is -0.334 e. The minimum atomic E-state index is -0.632. The Balaban J connectivity index is 1.59. The van der Waals surface area contributed by atoms with Crippen LogP contribution >= 0.6 is 0 Å². The third-order valence-electron chi connectivity index (χ3n) is 4.93. The molecular formula is C23H15FN4O3. The normalized spacial score (nSPS) is 11.2. The van der Waals surface area contributed by atoms with Crippen LogP contribution in [0.4, 0.5) is 4.39 Å². The molecule has 0 aliphatic rings. The van der Waals surface area contributed by atoms with E-state index in [0.717, 1.165) is 15.7 Å². The van der Waals surface area contributed by atoms with Crippen LogP contribution in [0.2, 0.25) is 0 Å². The Hall–Kier alpha value is -4.33. The third kappa shape index (κ3) is 3.33. The molecule has 5 aromatic rings. The monoisotopic (exact) mass is 414 g/mol. The van der Waals surface area contributed by atoms with Gasteiger partial charge in [0.2, 0.25) is 5.82 Å². The van der Waals surface area contributed by atoms with Crippen molar-refractivity contribution in [2.45, 2.75) is 6.92 Å². The van der Waals surface area contributed by atoms with Gasteiger partial charge in [-0.3, -0.25) is 4.79 Å². The van der Waals surface area contributed by atoms with Gasteiger partial charge in [0.15, 0.2) is 0 Å². The van der Waals surface area contributed by atoms with E-state index in [-0.39, 0.29) is 11.6 Å². The standard InChI is InChI=1S/C23H15FN4O3/c1-13-3-2-4-14(11-13)20-26-21(31-27-20)15-5-10-18-19(12-15)25-23(30)28(22(18)29)17-8-6-16(24)7-9-17/h2-12H,1H3,(H,25,30). The molecule has 0 aliphatic heterocycles. The van der Waals surface area contributed by atoms with E-state index in [2.05, 4.69) is 15.1 Å². The number of aryl methyl sites for hydroxylation is 1. The summed E-state index contributed by atoms with van der Waals surface area (Å²) < 4.78 is 19.5. The van der Waals surface area contributed by atoms with Gasteiger partial charge in [0.1, 0.15) is 5.82 Å². The molecule has 3 aromatic carbocycles. The Morgan fingerprint density at radius 2 is 1.77 bits per heavy atom. The summed E-state index contributed by atoms with van der Waals surface area (Å²) in [5.74, 6) is 0.254. The van der Waals surface area contributed by atoms with Gasteiger partial charge in [-0.2, -0.15) is 4.98 Å². The fraction of sp³-hybridized carbons (Fsp3) is 0.0435. The largest absolute Gasteiger partial charge is 0.334 e. The average molecular weight is 414 g/mol. The summed E-state index contributed by atoms with van der Waals surface area (Å²) in [5.41, 5.74) is 1.93. The number of hydrogen-bond acceptors (Lipinski definition) is 5. The zero-order valence-electron chi connectivity index (χ0n) is 16.3. The van der Waals surface area contributed by atoms with Gasteiger partial charge in [-0.1, -0.05) is 28.9 Å². The molecule has 7 nitrogen and oxygen atoms in total. The first-order chi connectivity index (χ1) is 15.0. The van der Waals surface area contributed by atoms with Gasteiger partial charge in [-0.25, -0.2) is 13.8 Å². The van der Waals surface area contributed by atoms with Crippen molar-refractivity contribution in [1.82, 2.24) is 19.7 Å². The van der Waals surface area contributed by atoms with Crippen LogP contribution in [-0.2, 0) is 0 Å². The quantitative estimate of drug-likeness (QED) is 0.484. The van der Waals surface area contributed by atoms with Crippen LogP contribution in [0.5, 0.6) is 0 Å². The van der Waals surface area contributed by atoms with E-state index in [4.69, 9.17) is 4.52 Å². The number of aromatic amines is 1. The van der Waals surface area contributed by atoms with Crippen LogP contribution in [0, 0.1) is 12.7 Å². The number of halogens is 1. The number of rotatable bonds is 3. The summed E-state index contributed by atoms with van der Waals surface area (Å²) in [4.78, 5) is 32.6. The first-order valence-corrected chi connectivity index (χ1v) is 9.46. The summed E-state index contributed by atoms with van der Waals surface area (Å²) in [7, 11) is 0. The fourth-order valence-electron chi connectivity index (χ4n) is 3.42. The van der Waals surface area contributed by atoms with Gasteiger partial charge in [0.05, 0.1) is 16.6 Å². The predicted molar refractivity (Wildman–Crippen MR) is 114 cm³/mol. The molecule has 0 saturated heterocycles. The highest BCUT2D eigenvalue weighted by atomic mass is 19.1. The summed E-state index contributed by atoms with van der Waals surface area (Å²) in [6, 6.07) is 17.7. The van der Waals surface area contributed by atoms with Gasteiger partial charge in [-0.15, -0.1) is 0 Å². The highest BCUT2D eigenvalue weighted by Crippen LogP contribution is 2.24. The lowest BCUT2D eigenvalue weighted by atomic mass is 10.1. The molecular weight excluding hydrogens is 399 g/mol. The molecule has 31 heavy (non-hydrogen) atoms. The molecule has 0 unspecified atom stereocenters. The number of benzene rings is 3. The Labute approximate surface area is 174 Å². The number of nitrogens with zero attached hydrogens (tertiary/aromatic N) is 3. The van der Waals surface area contributed by atoms with E-state index < -0.39 is 17.1 Å². The number of H-pyrrole nitrogens is 1. The smallest absolute Gasteiger partial charge is 0.333 e. The van der Waals surface area contributed by atoms with E-state index in [0.29, 0.717) is 22.3 Å². The molecule has 0 atom stereocenters. The van der Waals surface area contributed by atoms with Crippen LogP contribution in [0.1, 0.15) is 5.56 Å².